The summed E-state index contributed by atoms with van der Waals surface area (Å²) in [4.78, 5) is 13.9. The van der Waals surface area contributed by atoms with Gasteiger partial charge in [-0.05, 0) is 72.2 Å². The molecule has 5 rings (SSSR count). The summed E-state index contributed by atoms with van der Waals surface area (Å²) in [5.41, 5.74) is 4.65. The van der Waals surface area contributed by atoms with Crippen molar-refractivity contribution >= 4 is 22.2 Å². The zero-order valence-corrected chi connectivity index (χ0v) is 18.2. The summed E-state index contributed by atoms with van der Waals surface area (Å²) in [5, 5.41) is 4.11. The molecule has 1 atom stereocenters. The molecule has 0 spiro atoms. The Bertz CT molecular complexity index is 1120. The average Bonchev–Trinajstić information content (AvgIpc) is 3.16. The fraction of sp³-hybridized carbons (Fsp3) is 0.320. The van der Waals surface area contributed by atoms with Crippen LogP contribution in [0.3, 0.4) is 0 Å². The van der Waals surface area contributed by atoms with E-state index in [1.54, 1.807) is 30.6 Å². The number of aryl methyl sites for hydroxylation is 1. The Balaban J connectivity index is 1.48. The second kappa shape index (κ2) is 8.35. The van der Waals surface area contributed by atoms with E-state index in [9.17, 15) is 9.18 Å². The molecule has 2 aromatic carbocycles. The van der Waals surface area contributed by atoms with Gasteiger partial charge in [0.25, 0.3) is 0 Å². The van der Waals surface area contributed by atoms with Crippen LogP contribution < -0.4 is 14.8 Å². The lowest BCUT2D eigenvalue weighted by atomic mass is 9.82. The number of methoxy groups -OCH3 is 1. The van der Waals surface area contributed by atoms with Gasteiger partial charge in [0.1, 0.15) is 12.4 Å². The number of hydrogen-bond donors (Lipinski definition) is 1. The van der Waals surface area contributed by atoms with Crippen LogP contribution in [0.5, 0.6) is 11.5 Å². The molecule has 1 aliphatic carbocycles. The molecule has 0 saturated carbocycles. The Hall–Kier alpha value is -2.86. The number of ether oxygens (including phenoxy) is 2. The number of amides is 1. The zero-order valence-electron chi connectivity index (χ0n) is 17.4. The van der Waals surface area contributed by atoms with Gasteiger partial charge in [-0.15, -0.1) is 11.3 Å². The van der Waals surface area contributed by atoms with Crippen LogP contribution in [0, 0.1) is 5.82 Å². The molecule has 2 aliphatic rings. The van der Waals surface area contributed by atoms with Crippen molar-refractivity contribution in [2.45, 2.75) is 44.6 Å². The van der Waals surface area contributed by atoms with Gasteiger partial charge in [0.15, 0.2) is 11.5 Å². The van der Waals surface area contributed by atoms with Gasteiger partial charge >= 0.3 is 0 Å². The van der Waals surface area contributed by atoms with E-state index in [2.05, 4.69) is 5.32 Å². The summed E-state index contributed by atoms with van der Waals surface area (Å²) in [5.74, 6) is 1.06. The first-order valence-corrected chi connectivity index (χ1v) is 11.4. The van der Waals surface area contributed by atoms with Crippen LogP contribution in [0.1, 0.15) is 52.3 Å². The molecule has 0 saturated heterocycles. The molecule has 1 N–H and O–H groups in total. The van der Waals surface area contributed by atoms with Crippen molar-refractivity contribution in [1.29, 1.82) is 0 Å². The lowest BCUT2D eigenvalue weighted by Crippen LogP contribution is -2.23. The van der Waals surface area contributed by atoms with E-state index in [4.69, 9.17) is 9.47 Å². The van der Waals surface area contributed by atoms with Crippen molar-refractivity contribution in [3.63, 3.8) is 0 Å². The molecule has 4 nitrogen and oxygen atoms in total. The number of thiophene rings is 1. The van der Waals surface area contributed by atoms with Gasteiger partial charge in [0, 0.05) is 17.2 Å². The minimum absolute atomic E-state index is 0.0147. The van der Waals surface area contributed by atoms with E-state index in [0.717, 1.165) is 29.0 Å². The van der Waals surface area contributed by atoms with E-state index in [-0.39, 0.29) is 17.6 Å². The van der Waals surface area contributed by atoms with Crippen LogP contribution in [0.25, 0.3) is 0 Å². The molecule has 2 heterocycles. The van der Waals surface area contributed by atoms with Gasteiger partial charge in [0.2, 0.25) is 5.91 Å². The standard InChI is InChI=1S/C25H24FNO3S/c1-29-20-11-8-16(12-21(20)30-14-15-6-9-17(26)10-7-15)19-13-23(28)27-25-24(19)18-4-2-3-5-22(18)31-25/h6-12,19H,2-5,13-14H2,1H3,(H,27,28). The number of benzene rings is 2. The van der Waals surface area contributed by atoms with E-state index in [0.29, 0.717) is 24.5 Å². The van der Waals surface area contributed by atoms with Crippen LogP contribution in [0.4, 0.5) is 9.39 Å². The fourth-order valence-electron chi connectivity index (χ4n) is 4.57. The first-order chi connectivity index (χ1) is 15.1. The van der Waals surface area contributed by atoms with Crippen LogP contribution in [0.2, 0.25) is 0 Å². The topological polar surface area (TPSA) is 47.6 Å². The number of fused-ring (bicyclic) bond motifs is 3. The third-order valence-electron chi connectivity index (χ3n) is 6.10. The highest BCUT2D eigenvalue weighted by Crippen LogP contribution is 2.48. The number of rotatable bonds is 5. The largest absolute Gasteiger partial charge is 0.493 e. The Morgan fingerprint density at radius 2 is 1.90 bits per heavy atom. The van der Waals surface area contributed by atoms with E-state index >= 15 is 0 Å². The third-order valence-corrected chi connectivity index (χ3v) is 7.32. The molecule has 0 fully saturated rings. The Morgan fingerprint density at radius 1 is 1.10 bits per heavy atom. The van der Waals surface area contributed by atoms with Gasteiger partial charge in [-0.3, -0.25) is 4.79 Å². The predicted molar refractivity (Wildman–Crippen MR) is 120 cm³/mol. The molecule has 0 bridgehead atoms. The summed E-state index contributed by atoms with van der Waals surface area (Å²) >= 11 is 1.74. The van der Waals surface area contributed by atoms with Gasteiger partial charge in [-0.2, -0.15) is 0 Å². The number of anilines is 1. The zero-order chi connectivity index (χ0) is 21.4. The fourth-order valence-corrected chi connectivity index (χ4v) is 5.93. The smallest absolute Gasteiger partial charge is 0.225 e. The van der Waals surface area contributed by atoms with Crippen LogP contribution in [-0.4, -0.2) is 13.0 Å². The summed E-state index contributed by atoms with van der Waals surface area (Å²) in [7, 11) is 1.61. The predicted octanol–water partition coefficient (Wildman–Crippen LogP) is 5.83. The van der Waals surface area contributed by atoms with Crippen molar-refractivity contribution in [2.24, 2.45) is 0 Å². The highest BCUT2D eigenvalue weighted by Gasteiger charge is 2.33. The van der Waals surface area contributed by atoms with Gasteiger partial charge in [-0.1, -0.05) is 18.2 Å². The SMILES string of the molecule is COc1ccc(C2CC(=O)Nc3sc4c(c32)CCCC4)cc1OCc1ccc(F)cc1. The van der Waals surface area contributed by atoms with E-state index < -0.39 is 0 Å². The lowest BCUT2D eigenvalue weighted by Gasteiger charge is -2.26. The van der Waals surface area contributed by atoms with Crippen LogP contribution >= 0.6 is 11.3 Å². The van der Waals surface area contributed by atoms with Crippen molar-refractivity contribution in [3.8, 4) is 11.5 Å². The molecule has 31 heavy (non-hydrogen) atoms. The van der Waals surface area contributed by atoms with Crippen molar-refractivity contribution in [3.05, 3.63) is 75.4 Å². The number of hydrogen-bond acceptors (Lipinski definition) is 4. The molecule has 1 amide bonds. The second-order valence-electron chi connectivity index (χ2n) is 8.08. The Labute approximate surface area is 185 Å². The summed E-state index contributed by atoms with van der Waals surface area (Å²) in [6, 6.07) is 12.2. The average molecular weight is 438 g/mol. The minimum Gasteiger partial charge on any atom is -0.493 e. The normalized spacial score (nSPS) is 17.5. The summed E-state index contributed by atoms with van der Waals surface area (Å²) < 4.78 is 24.7. The van der Waals surface area contributed by atoms with Crippen molar-refractivity contribution in [2.75, 3.05) is 12.4 Å². The van der Waals surface area contributed by atoms with Crippen molar-refractivity contribution in [1.82, 2.24) is 0 Å². The molecular formula is C25H24FNO3S. The maximum Gasteiger partial charge on any atom is 0.225 e. The molecule has 3 aromatic rings. The first kappa shape index (κ1) is 20.1. The lowest BCUT2D eigenvalue weighted by molar-refractivity contribution is -0.116. The number of halogens is 1. The van der Waals surface area contributed by atoms with Gasteiger partial charge in [-0.25, -0.2) is 4.39 Å². The van der Waals surface area contributed by atoms with Crippen LogP contribution in [0.15, 0.2) is 42.5 Å². The Kier molecular flexibility index (Phi) is 5.40. The van der Waals surface area contributed by atoms with Gasteiger partial charge in [0.05, 0.1) is 12.1 Å². The number of nitrogens with one attached hydrogen (secondary N) is 1. The van der Waals surface area contributed by atoms with Crippen LogP contribution in [-0.2, 0) is 24.2 Å². The molecule has 1 aromatic heterocycles. The molecular weight excluding hydrogens is 413 g/mol. The monoisotopic (exact) mass is 437 g/mol. The molecule has 1 unspecified atom stereocenters. The third kappa shape index (κ3) is 3.92. The second-order valence-corrected chi connectivity index (χ2v) is 9.19. The highest BCUT2D eigenvalue weighted by molar-refractivity contribution is 7.16. The molecule has 1 aliphatic heterocycles. The molecule has 6 heteroatoms. The first-order valence-electron chi connectivity index (χ1n) is 10.6. The molecule has 160 valence electrons. The Morgan fingerprint density at radius 3 is 2.71 bits per heavy atom. The highest BCUT2D eigenvalue weighted by atomic mass is 32.1. The molecule has 0 radical (unpaired) electrons. The summed E-state index contributed by atoms with van der Waals surface area (Å²) in [6.07, 6.45) is 5.03. The number of carbonyl (C=O) groups excluding carboxylic acids is 1. The van der Waals surface area contributed by atoms with Crippen molar-refractivity contribution < 1.29 is 18.7 Å². The number of carbonyl (C=O) groups is 1. The quantitative estimate of drug-likeness (QED) is 0.546. The maximum atomic E-state index is 13.2. The summed E-state index contributed by atoms with van der Waals surface area (Å²) in [6.45, 7) is 0.310. The maximum absolute atomic E-state index is 13.2. The van der Waals surface area contributed by atoms with E-state index in [1.165, 1.54) is 41.0 Å². The van der Waals surface area contributed by atoms with Gasteiger partial charge < -0.3 is 14.8 Å². The minimum atomic E-state index is -0.270. The van der Waals surface area contributed by atoms with E-state index in [1.807, 2.05) is 18.2 Å².